The summed E-state index contributed by atoms with van der Waals surface area (Å²) < 4.78 is 0. The lowest BCUT2D eigenvalue weighted by Crippen LogP contribution is -2.51. The maximum Gasteiger partial charge on any atom is 0.0262 e. The van der Waals surface area contributed by atoms with Gasteiger partial charge in [0.2, 0.25) is 0 Å². The molecule has 74 valence electrons. The molecule has 0 aliphatic heterocycles. The van der Waals surface area contributed by atoms with Crippen molar-refractivity contribution in [3.05, 3.63) is 0 Å². The highest BCUT2D eigenvalue weighted by molar-refractivity contribution is 5.14. The van der Waals surface area contributed by atoms with Gasteiger partial charge in [0.25, 0.3) is 0 Å². The summed E-state index contributed by atoms with van der Waals surface area (Å²) in [6, 6.07) is 0. The fourth-order valence-corrected chi connectivity index (χ4v) is 4.95. The average molecular weight is 179 g/mol. The molecule has 0 aromatic carbocycles. The molecule has 4 atom stereocenters. The van der Waals surface area contributed by atoms with Gasteiger partial charge in [-0.25, -0.2) is 0 Å². The molecule has 0 aromatic heterocycles. The van der Waals surface area contributed by atoms with Crippen molar-refractivity contribution in [3.63, 3.8) is 0 Å². The minimum Gasteiger partial charge on any atom is -0.303 e. The van der Waals surface area contributed by atoms with E-state index < -0.39 is 0 Å². The molecule has 3 rings (SSSR count). The average Bonchev–Trinajstić information content (AvgIpc) is 2.76. The van der Waals surface area contributed by atoms with Crippen LogP contribution in [0.5, 0.6) is 0 Å². The molecule has 1 heteroatoms. The van der Waals surface area contributed by atoms with E-state index in [4.69, 9.17) is 0 Å². The lowest BCUT2D eigenvalue weighted by Gasteiger charge is -2.45. The Morgan fingerprint density at radius 1 is 1.15 bits per heavy atom. The summed E-state index contributed by atoms with van der Waals surface area (Å²) in [5, 5.41) is 0. The van der Waals surface area contributed by atoms with Crippen LogP contribution < -0.4 is 0 Å². The Morgan fingerprint density at radius 2 is 2.00 bits per heavy atom. The molecule has 3 aliphatic rings. The van der Waals surface area contributed by atoms with Crippen LogP contribution in [0.2, 0.25) is 0 Å². The van der Waals surface area contributed by atoms with Gasteiger partial charge in [0.15, 0.2) is 0 Å². The van der Waals surface area contributed by atoms with Crippen LogP contribution in [0.1, 0.15) is 38.5 Å². The van der Waals surface area contributed by atoms with Gasteiger partial charge >= 0.3 is 0 Å². The smallest absolute Gasteiger partial charge is 0.0262 e. The zero-order chi connectivity index (χ0) is 9.05. The summed E-state index contributed by atoms with van der Waals surface area (Å²) in [6.45, 7) is 0. The van der Waals surface area contributed by atoms with Crippen molar-refractivity contribution < 1.29 is 0 Å². The van der Waals surface area contributed by atoms with Crippen molar-refractivity contribution in [2.75, 3.05) is 14.1 Å². The Kier molecular flexibility index (Phi) is 1.59. The second kappa shape index (κ2) is 2.50. The summed E-state index contributed by atoms with van der Waals surface area (Å²) in [5.74, 6) is 3.23. The molecule has 3 aliphatic carbocycles. The van der Waals surface area contributed by atoms with Crippen molar-refractivity contribution in [3.8, 4) is 0 Å². The number of nitrogens with zero attached hydrogens (tertiary/aromatic N) is 1. The quantitative estimate of drug-likeness (QED) is 0.598. The minimum atomic E-state index is 0.656. The summed E-state index contributed by atoms with van der Waals surface area (Å²) in [7, 11) is 4.64. The normalized spacial score (nSPS) is 53.3. The van der Waals surface area contributed by atoms with Crippen molar-refractivity contribution in [1.82, 2.24) is 4.90 Å². The molecule has 13 heavy (non-hydrogen) atoms. The highest BCUT2D eigenvalue weighted by Gasteiger charge is 2.60. The molecule has 0 unspecified atom stereocenters. The second-order valence-corrected chi connectivity index (χ2v) is 5.65. The summed E-state index contributed by atoms with van der Waals surface area (Å²) >= 11 is 0. The van der Waals surface area contributed by atoms with E-state index in [0.717, 1.165) is 17.8 Å². The summed E-state index contributed by atoms with van der Waals surface area (Å²) in [6.07, 6.45) is 9.15. The van der Waals surface area contributed by atoms with E-state index >= 15 is 0 Å². The SMILES string of the molecule is CN(C)[C@@]12CCC[C@@H]1[C@H]1CC[C@H]2C1. The van der Waals surface area contributed by atoms with Gasteiger partial charge in [-0.3, -0.25) is 0 Å². The lowest BCUT2D eigenvalue weighted by molar-refractivity contribution is 0.0487. The Balaban J connectivity index is 1.99. The maximum absolute atomic E-state index is 2.58. The van der Waals surface area contributed by atoms with Gasteiger partial charge in [0.1, 0.15) is 0 Å². The van der Waals surface area contributed by atoms with Crippen LogP contribution in [-0.4, -0.2) is 24.5 Å². The molecule has 1 nitrogen and oxygen atoms in total. The van der Waals surface area contributed by atoms with Crippen LogP contribution in [0.4, 0.5) is 0 Å². The predicted molar refractivity (Wildman–Crippen MR) is 54.6 cm³/mol. The monoisotopic (exact) mass is 179 g/mol. The van der Waals surface area contributed by atoms with E-state index in [1.54, 1.807) is 12.8 Å². The zero-order valence-corrected chi connectivity index (χ0v) is 8.92. The first-order valence-electron chi connectivity index (χ1n) is 5.92. The first kappa shape index (κ1) is 8.28. The third-order valence-corrected chi connectivity index (χ3v) is 5.32. The molecule has 0 radical (unpaired) electrons. The molecule has 0 saturated heterocycles. The standard InChI is InChI=1S/C12H21N/c1-13(2)12-7-3-4-11(12)9-5-6-10(12)8-9/h9-11H,3-8H2,1-2H3/t9-,10-,11+,12+/m0/s1. The summed E-state index contributed by atoms with van der Waals surface area (Å²) in [5.41, 5.74) is 0.656. The molecule has 0 heterocycles. The van der Waals surface area contributed by atoms with E-state index in [0.29, 0.717) is 5.54 Å². The largest absolute Gasteiger partial charge is 0.303 e. The second-order valence-electron chi connectivity index (χ2n) is 5.65. The Hall–Kier alpha value is -0.0400. The van der Waals surface area contributed by atoms with E-state index in [1.165, 1.54) is 25.7 Å². The summed E-state index contributed by atoms with van der Waals surface area (Å²) in [4.78, 5) is 2.58. The first-order valence-corrected chi connectivity index (χ1v) is 5.92. The van der Waals surface area contributed by atoms with E-state index in [-0.39, 0.29) is 0 Å². The van der Waals surface area contributed by atoms with Crippen LogP contribution in [0, 0.1) is 17.8 Å². The van der Waals surface area contributed by atoms with Crippen molar-refractivity contribution >= 4 is 0 Å². The molecule has 0 N–H and O–H groups in total. The van der Waals surface area contributed by atoms with Crippen LogP contribution in [-0.2, 0) is 0 Å². The number of fused-ring (bicyclic) bond motifs is 5. The molecular weight excluding hydrogens is 158 g/mol. The molecule has 0 amide bonds. The third-order valence-electron chi connectivity index (χ3n) is 5.32. The highest BCUT2D eigenvalue weighted by Crippen LogP contribution is 2.62. The van der Waals surface area contributed by atoms with Gasteiger partial charge in [-0.15, -0.1) is 0 Å². The first-order chi connectivity index (χ1) is 6.25. The van der Waals surface area contributed by atoms with Gasteiger partial charge in [0.05, 0.1) is 0 Å². The fourth-order valence-electron chi connectivity index (χ4n) is 4.95. The van der Waals surface area contributed by atoms with Crippen molar-refractivity contribution in [2.24, 2.45) is 17.8 Å². The van der Waals surface area contributed by atoms with Gasteiger partial charge in [-0.05, 0) is 64.0 Å². The maximum atomic E-state index is 2.58. The van der Waals surface area contributed by atoms with Crippen molar-refractivity contribution in [1.29, 1.82) is 0 Å². The molecule has 2 bridgehead atoms. The van der Waals surface area contributed by atoms with E-state index in [2.05, 4.69) is 19.0 Å². The third kappa shape index (κ3) is 0.823. The predicted octanol–water partition coefficient (Wildman–Crippen LogP) is 2.52. The van der Waals surface area contributed by atoms with Gasteiger partial charge < -0.3 is 4.90 Å². The van der Waals surface area contributed by atoms with Crippen LogP contribution >= 0.6 is 0 Å². The van der Waals surface area contributed by atoms with Gasteiger partial charge in [-0.1, -0.05) is 6.42 Å². The molecule has 3 saturated carbocycles. The number of hydrogen-bond donors (Lipinski definition) is 0. The fraction of sp³-hybridized carbons (Fsp3) is 1.00. The van der Waals surface area contributed by atoms with Crippen molar-refractivity contribution in [2.45, 2.75) is 44.1 Å². The molecule has 0 aromatic rings. The van der Waals surface area contributed by atoms with Gasteiger partial charge in [-0.2, -0.15) is 0 Å². The van der Waals surface area contributed by atoms with Crippen LogP contribution in [0.3, 0.4) is 0 Å². The molecule has 3 fully saturated rings. The molecular formula is C12H21N. The topological polar surface area (TPSA) is 3.24 Å². The Morgan fingerprint density at radius 3 is 2.69 bits per heavy atom. The Labute approximate surface area is 81.5 Å². The van der Waals surface area contributed by atoms with E-state index in [1.807, 2.05) is 0 Å². The molecule has 0 spiro atoms. The zero-order valence-electron chi connectivity index (χ0n) is 8.92. The van der Waals surface area contributed by atoms with Gasteiger partial charge in [0, 0.05) is 5.54 Å². The highest BCUT2D eigenvalue weighted by atomic mass is 15.2. The van der Waals surface area contributed by atoms with Crippen LogP contribution in [0.15, 0.2) is 0 Å². The van der Waals surface area contributed by atoms with E-state index in [9.17, 15) is 0 Å². The number of rotatable bonds is 1. The lowest BCUT2D eigenvalue weighted by atomic mass is 9.74. The Bertz CT molecular complexity index is 223. The minimum absolute atomic E-state index is 0.656. The number of hydrogen-bond acceptors (Lipinski definition) is 1. The van der Waals surface area contributed by atoms with Crippen LogP contribution in [0.25, 0.3) is 0 Å².